The van der Waals surface area contributed by atoms with Crippen LogP contribution in [0.3, 0.4) is 0 Å². The Labute approximate surface area is 190 Å². The second kappa shape index (κ2) is 12.7. The van der Waals surface area contributed by atoms with Crippen LogP contribution in [-0.2, 0) is 0 Å². The van der Waals surface area contributed by atoms with Crippen LogP contribution in [0.25, 0.3) is 5.57 Å². The van der Waals surface area contributed by atoms with Gasteiger partial charge in [0.1, 0.15) is 0 Å². The molecule has 0 nitrogen and oxygen atoms in total. The molecule has 0 amide bonds. The summed E-state index contributed by atoms with van der Waals surface area (Å²) in [6.45, 7) is 6.30. The fourth-order valence-corrected chi connectivity index (χ4v) is 21.8. The quantitative estimate of drug-likeness (QED) is 0.237. The Bertz CT molecular complexity index is 731. The molecule has 0 fully saturated rings. The molecule has 0 radical (unpaired) electrons. The zero-order valence-corrected chi connectivity index (χ0v) is 22.1. The molecule has 0 aromatic heterocycles. The van der Waals surface area contributed by atoms with Crippen LogP contribution >= 0.6 is 0 Å². The van der Waals surface area contributed by atoms with Crippen LogP contribution in [0.1, 0.15) is 70.4 Å². The van der Waals surface area contributed by atoms with E-state index in [4.69, 9.17) is 0 Å². The van der Waals surface area contributed by atoms with E-state index in [1.807, 2.05) is 60.7 Å². The molecule has 0 heterocycles. The summed E-state index contributed by atoms with van der Waals surface area (Å²) in [6, 6.07) is 18.6. The summed E-state index contributed by atoms with van der Waals surface area (Å²) >= 11 is -3.79. The molecule has 0 atom stereocenters. The molecule has 0 bridgehead atoms. The van der Waals surface area contributed by atoms with Crippen LogP contribution in [0.2, 0.25) is 13.3 Å². The zero-order valence-electron chi connectivity index (χ0n) is 19.3. The molecule has 0 saturated heterocycles. The van der Waals surface area contributed by atoms with Gasteiger partial charge in [-0.2, -0.15) is 0 Å². The van der Waals surface area contributed by atoms with E-state index in [0.717, 1.165) is 51.8 Å². The van der Waals surface area contributed by atoms with Crippen molar-refractivity contribution in [1.29, 1.82) is 0 Å². The van der Waals surface area contributed by atoms with Crippen molar-refractivity contribution in [2.24, 2.45) is 0 Å². The summed E-state index contributed by atoms with van der Waals surface area (Å²) in [7, 11) is 0. The van der Waals surface area contributed by atoms with Gasteiger partial charge in [0.05, 0.1) is 0 Å². The van der Waals surface area contributed by atoms with Crippen LogP contribution in [-0.4, -0.2) is 24.6 Å². The first-order chi connectivity index (χ1) is 14.9. The van der Waals surface area contributed by atoms with E-state index in [-0.39, 0.29) is 3.59 Å². The van der Waals surface area contributed by atoms with Gasteiger partial charge >= 0.3 is 191 Å². The molecule has 0 unspecified atom stereocenters. The van der Waals surface area contributed by atoms with Crippen LogP contribution in [0.15, 0.2) is 64.3 Å². The van der Waals surface area contributed by atoms with E-state index in [0.29, 0.717) is 16.7 Å². The Kier molecular flexibility index (Phi) is 10.7. The standard InChI is InChI=1S/C15H10F3.3C4H9.Sn/c16-15(17,18)11-14(12-7-3-1-4-8-12)13-9-5-2-6-10-13;3*1-3-4-2;/h1-10H;3*1,3-4H2,2H3;. The fourth-order valence-electron chi connectivity index (χ4n) is 4.67. The predicted octanol–water partition coefficient (Wildman–Crippen LogP) is 9.44. The van der Waals surface area contributed by atoms with Gasteiger partial charge in [-0.3, -0.25) is 0 Å². The number of rotatable bonds is 12. The van der Waals surface area contributed by atoms with E-state index < -0.39 is 24.6 Å². The van der Waals surface area contributed by atoms with Gasteiger partial charge < -0.3 is 0 Å². The molecule has 4 heteroatoms. The van der Waals surface area contributed by atoms with Gasteiger partial charge in [0.2, 0.25) is 0 Å². The summed E-state index contributed by atoms with van der Waals surface area (Å²) in [4.78, 5) is 0. The maximum atomic E-state index is 15.1. The van der Waals surface area contributed by atoms with E-state index in [2.05, 4.69) is 20.8 Å². The number of allylic oxidation sites excluding steroid dienone is 1. The van der Waals surface area contributed by atoms with Crippen molar-refractivity contribution < 1.29 is 13.2 Å². The molecule has 0 aliphatic heterocycles. The number of halogens is 3. The van der Waals surface area contributed by atoms with Gasteiger partial charge in [-0.15, -0.1) is 0 Å². The first kappa shape index (κ1) is 26.0. The van der Waals surface area contributed by atoms with Crippen molar-refractivity contribution in [1.82, 2.24) is 0 Å². The Balaban J connectivity index is 2.90. The summed E-state index contributed by atoms with van der Waals surface area (Å²) in [5, 5.41) is 0. The van der Waals surface area contributed by atoms with Crippen molar-refractivity contribution in [3.05, 3.63) is 75.4 Å². The average molecular weight is 537 g/mol. The molecule has 0 aliphatic rings. The van der Waals surface area contributed by atoms with Gasteiger partial charge in [-0.05, 0) is 0 Å². The number of unbranched alkanes of at least 4 members (excludes halogenated alkanes) is 3. The number of alkyl halides is 3. The first-order valence-electron chi connectivity index (χ1n) is 11.8. The minimum atomic E-state index is -4.30. The maximum absolute atomic E-state index is 15.1. The topological polar surface area (TPSA) is 0 Å². The molecule has 0 aliphatic carbocycles. The van der Waals surface area contributed by atoms with Crippen molar-refractivity contribution in [3.8, 4) is 0 Å². The van der Waals surface area contributed by atoms with Gasteiger partial charge in [-0.1, -0.05) is 0 Å². The van der Waals surface area contributed by atoms with Gasteiger partial charge in [0.15, 0.2) is 0 Å². The second-order valence-electron chi connectivity index (χ2n) is 8.57. The Morgan fingerprint density at radius 2 is 1.00 bits per heavy atom. The molecule has 0 spiro atoms. The molecule has 2 aromatic rings. The van der Waals surface area contributed by atoms with E-state index in [1.165, 1.54) is 0 Å². The summed E-state index contributed by atoms with van der Waals surface area (Å²) in [5.41, 5.74) is 1.85. The first-order valence-corrected chi connectivity index (χ1v) is 19.3. The number of hydrogen-bond acceptors (Lipinski definition) is 0. The van der Waals surface area contributed by atoms with E-state index in [1.54, 1.807) is 0 Å². The number of benzene rings is 2. The summed E-state index contributed by atoms with van der Waals surface area (Å²) < 4.78 is 47.6. The zero-order chi connectivity index (χ0) is 22.7. The molecule has 170 valence electrons. The van der Waals surface area contributed by atoms with Crippen LogP contribution in [0.4, 0.5) is 13.2 Å². The van der Waals surface area contributed by atoms with Crippen molar-refractivity contribution in [2.45, 2.75) is 78.8 Å². The Hall–Kier alpha value is -1.23. The molecule has 0 N–H and O–H groups in total. The second-order valence-corrected chi connectivity index (χ2v) is 21.6. The van der Waals surface area contributed by atoms with Crippen LogP contribution < -0.4 is 0 Å². The molecule has 0 saturated carbocycles. The van der Waals surface area contributed by atoms with Crippen molar-refractivity contribution >= 4 is 24.0 Å². The molecule has 31 heavy (non-hydrogen) atoms. The van der Waals surface area contributed by atoms with Gasteiger partial charge in [-0.25, -0.2) is 0 Å². The van der Waals surface area contributed by atoms with E-state index in [9.17, 15) is 0 Å². The van der Waals surface area contributed by atoms with Crippen molar-refractivity contribution in [3.63, 3.8) is 0 Å². The normalized spacial score (nSPS) is 12.1. The SMILES string of the molecule is CCC[CH2][Sn]([CH2]CCC)([CH2]CCC)[C](=C(c1ccccc1)c1ccccc1)C(F)(F)F. The summed E-state index contributed by atoms with van der Waals surface area (Å²) in [5.74, 6) is 0. The third kappa shape index (κ3) is 7.13. The molecular formula is C27H37F3Sn. The molecular weight excluding hydrogens is 500 g/mol. The van der Waals surface area contributed by atoms with Crippen molar-refractivity contribution in [2.75, 3.05) is 0 Å². The monoisotopic (exact) mass is 538 g/mol. The Morgan fingerprint density at radius 1 is 0.645 bits per heavy atom. The van der Waals surface area contributed by atoms with Crippen LogP contribution in [0, 0.1) is 0 Å². The molecule has 2 rings (SSSR count). The van der Waals surface area contributed by atoms with E-state index >= 15 is 13.2 Å². The Morgan fingerprint density at radius 3 is 1.29 bits per heavy atom. The fraction of sp³-hybridized carbons (Fsp3) is 0.481. The minimum absolute atomic E-state index is 0.102. The number of hydrogen-bond donors (Lipinski definition) is 0. The average Bonchev–Trinajstić information content (AvgIpc) is 2.78. The van der Waals surface area contributed by atoms with Gasteiger partial charge in [0, 0.05) is 0 Å². The molecule has 2 aromatic carbocycles. The summed E-state index contributed by atoms with van der Waals surface area (Å²) in [6.07, 6.45) is 1.27. The third-order valence-corrected chi connectivity index (χ3v) is 22.0. The van der Waals surface area contributed by atoms with Gasteiger partial charge in [0.25, 0.3) is 0 Å². The predicted molar refractivity (Wildman–Crippen MR) is 130 cm³/mol. The van der Waals surface area contributed by atoms with Crippen LogP contribution in [0.5, 0.6) is 0 Å². The third-order valence-electron chi connectivity index (χ3n) is 6.22.